The van der Waals surface area contributed by atoms with E-state index in [9.17, 15) is 0 Å². The predicted molar refractivity (Wildman–Crippen MR) is 34.5 cm³/mol. The number of hydrogen-bond donors (Lipinski definition) is 2. The molecule has 0 unspecified atom stereocenters. The molecule has 0 aromatic rings. The Hall–Kier alpha value is -0.0638. The monoisotopic (exact) mass is 130 g/mol. The fourth-order valence-electron chi connectivity index (χ4n) is 0. The van der Waals surface area contributed by atoms with Crippen molar-refractivity contribution < 1.29 is 15.0 Å². The SMILES string of the molecule is C=C.O=C(O)CO.[MgH2]. The lowest BCUT2D eigenvalue weighted by molar-refractivity contribution is -0.140. The van der Waals surface area contributed by atoms with E-state index in [0.717, 1.165) is 0 Å². The zero-order valence-electron chi connectivity index (χ0n) is 3.92. The number of aliphatic hydroxyl groups is 1. The van der Waals surface area contributed by atoms with Crippen LogP contribution in [0, 0.1) is 0 Å². The standard InChI is InChI=1S/C2H4O3.C2H4.Mg.2H/c3-1-2(4)5;1-2;;;/h3H,1H2,(H,4,5);1-2H2;;;. The van der Waals surface area contributed by atoms with Gasteiger partial charge in [0.05, 0.1) is 0 Å². The van der Waals surface area contributed by atoms with Crippen molar-refractivity contribution in [3.05, 3.63) is 13.2 Å². The number of aliphatic carboxylic acids is 1. The number of carboxylic acids is 1. The van der Waals surface area contributed by atoms with E-state index in [1.807, 2.05) is 0 Å². The van der Waals surface area contributed by atoms with E-state index in [4.69, 9.17) is 15.0 Å². The Balaban J connectivity index is -0.0000000750. The molecule has 0 aliphatic rings. The van der Waals surface area contributed by atoms with Gasteiger partial charge in [-0.05, 0) is 0 Å². The molecule has 0 atom stereocenters. The van der Waals surface area contributed by atoms with Gasteiger partial charge in [-0.2, -0.15) is 0 Å². The smallest absolute Gasteiger partial charge is 0.329 e. The van der Waals surface area contributed by atoms with Gasteiger partial charge in [-0.3, -0.25) is 0 Å². The van der Waals surface area contributed by atoms with Crippen LogP contribution in [-0.2, 0) is 4.79 Å². The minimum absolute atomic E-state index is 0. The summed E-state index contributed by atoms with van der Waals surface area (Å²) in [6.07, 6.45) is 0. The van der Waals surface area contributed by atoms with Crippen molar-refractivity contribution in [2.24, 2.45) is 0 Å². The summed E-state index contributed by atoms with van der Waals surface area (Å²) in [6.45, 7) is 5.22. The molecule has 0 radical (unpaired) electrons. The molecule has 0 amide bonds. The van der Waals surface area contributed by atoms with Crippen molar-refractivity contribution in [2.75, 3.05) is 6.61 Å². The fourth-order valence-corrected chi connectivity index (χ4v) is 0. The average molecular weight is 130 g/mol. The first-order chi connectivity index (χ1) is 3.27. The Kier molecular flexibility index (Phi) is 30.9. The van der Waals surface area contributed by atoms with Gasteiger partial charge in [0.2, 0.25) is 0 Å². The largest absolute Gasteiger partial charge is 0.480 e. The molecule has 0 rings (SSSR count). The molecule has 0 aliphatic heterocycles. The van der Waals surface area contributed by atoms with Crippen molar-refractivity contribution >= 4 is 29.0 Å². The summed E-state index contributed by atoms with van der Waals surface area (Å²) < 4.78 is 0. The van der Waals surface area contributed by atoms with Gasteiger partial charge < -0.3 is 10.2 Å². The Morgan fingerprint density at radius 2 is 1.62 bits per heavy atom. The third kappa shape index (κ3) is 38.6. The number of carboxylic acid groups (broad SMARTS) is 1. The second kappa shape index (κ2) is 15.8. The van der Waals surface area contributed by atoms with E-state index in [1.54, 1.807) is 0 Å². The number of carbonyl (C=O) groups is 1. The van der Waals surface area contributed by atoms with Crippen LogP contribution in [0.4, 0.5) is 0 Å². The summed E-state index contributed by atoms with van der Waals surface area (Å²) in [7, 11) is 0. The lowest BCUT2D eigenvalue weighted by Gasteiger charge is -1.72. The van der Waals surface area contributed by atoms with Gasteiger partial charge in [0.15, 0.2) is 0 Å². The van der Waals surface area contributed by atoms with Gasteiger partial charge in [-0.25, -0.2) is 4.79 Å². The highest BCUT2D eigenvalue weighted by atomic mass is 24.3. The summed E-state index contributed by atoms with van der Waals surface area (Å²) >= 11 is 0. The van der Waals surface area contributed by atoms with Crippen molar-refractivity contribution in [2.45, 2.75) is 0 Å². The molecule has 2 N–H and O–H groups in total. The normalized spacial score (nSPS) is 5.12. The van der Waals surface area contributed by atoms with Crippen LogP contribution in [-0.4, -0.2) is 45.8 Å². The molecule has 0 heterocycles. The van der Waals surface area contributed by atoms with E-state index in [-0.39, 0.29) is 23.1 Å². The Morgan fingerprint density at radius 1 is 1.50 bits per heavy atom. The minimum Gasteiger partial charge on any atom is -0.480 e. The first-order valence-electron chi connectivity index (χ1n) is 1.60. The van der Waals surface area contributed by atoms with Gasteiger partial charge in [0.1, 0.15) is 6.61 Å². The van der Waals surface area contributed by atoms with Crippen LogP contribution in [0.1, 0.15) is 0 Å². The average Bonchev–Trinajstić information content (AvgIpc) is 1.73. The summed E-state index contributed by atoms with van der Waals surface area (Å²) in [5, 5.41) is 15.0. The molecule has 0 bridgehead atoms. The summed E-state index contributed by atoms with van der Waals surface area (Å²) in [5.74, 6) is -1.19. The van der Waals surface area contributed by atoms with Gasteiger partial charge >= 0.3 is 29.0 Å². The molecule has 0 aromatic heterocycles. The van der Waals surface area contributed by atoms with Gasteiger partial charge in [0, 0.05) is 0 Å². The minimum atomic E-state index is -1.19. The molecule has 8 heavy (non-hydrogen) atoms. The Labute approximate surface area is 64.2 Å². The van der Waals surface area contributed by atoms with Crippen LogP contribution in [0.3, 0.4) is 0 Å². The number of rotatable bonds is 1. The molecule has 3 nitrogen and oxygen atoms in total. The first-order valence-corrected chi connectivity index (χ1v) is 1.60. The van der Waals surface area contributed by atoms with Crippen molar-refractivity contribution in [3.8, 4) is 0 Å². The maximum Gasteiger partial charge on any atom is 0.329 e. The van der Waals surface area contributed by atoms with Crippen molar-refractivity contribution in [3.63, 3.8) is 0 Å². The lowest BCUT2D eigenvalue weighted by Crippen LogP contribution is -1.98. The molecule has 0 spiro atoms. The van der Waals surface area contributed by atoms with Crippen LogP contribution in [0.5, 0.6) is 0 Å². The molecule has 4 heteroatoms. The Morgan fingerprint density at radius 3 is 1.62 bits per heavy atom. The quantitative estimate of drug-likeness (QED) is 0.352. The zero-order chi connectivity index (χ0) is 6.28. The molecule has 0 aromatic carbocycles. The van der Waals surface area contributed by atoms with E-state index >= 15 is 0 Å². The second-order valence-corrected chi connectivity index (χ2v) is 0.552. The maximum absolute atomic E-state index is 9.12. The van der Waals surface area contributed by atoms with Gasteiger partial charge in [-0.1, -0.05) is 0 Å². The van der Waals surface area contributed by atoms with E-state index in [0.29, 0.717) is 0 Å². The molecule has 0 saturated heterocycles. The van der Waals surface area contributed by atoms with E-state index in [2.05, 4.69) is 13.2 Å². The maximum atomic E-state index is 9.12. The van der Waals surface area contributed by atoms with Crippen LogP contribution in [0.15, 0.2) is 13.2 Å². The predicted octanol–water partition coefficient (Wildman–Crippen LogP) is -1.05. The van der Waals surface area contributed by atoms with E-state index in [1.165, 1.54) is 0 Å². The Bertz CT molecular complexity index is 55.2. The lowest BCUT2D eigenvalue weighted by atomic mass is 10.8. The highest BCUT2D eigenvalue weighted by Crippen LogP contribution is 1.48. The van der Waals surface area contributed by atoms with Crippen LogP contribution < -0.4 is 0 Å². The molecular weight excluding hydrogens is 120 g/mol. The molecule has 0 fully saturated rings. The van der Waals surface area contributed by atoms with Crippen molar-refractivity contribution in [1.29, 1.82) is 0 Å². The summed E-state index contributed by atoms with van der Waals surface area (Å²) in [6, 6.07) is 0. The summed E-state index contributed by atoms with van der Waals surface area (Å²) in [4.78, 5) is 9.12. The number of aliphatic hydroxyl groups excluding tert-OH is 1. The zero-order valence-corrected chi connectivity index (χ0v) is 3.92. The molecule has 0 saturated carbocycles. The van der Waals surface area contributed by atoms with Crippen LogP contribution >= 0.6 is 0 Å². The second-order valence-electron chi connectivity index (χ2n) is 0.552. The highest BCUT2D eigenvalue weighted by molar-refractivity contribution is 5.75. The van der Waals surface area contributed by atoms with Crippen LogP contribution in [0.2, 0.25) is 0 Å². The highest BCUT2D eigenvalue weighted by Gasteiger charge is 1.82. The molecule has 46 valence electrons. The van der Waals surface area contributed by atoms with Gasteiger partial charge in [0.25, 0.3) is 0 Å². The summed E-state index contributed by atoms with van der Waals surface area (Å²) in [5.41, 5.74) is 0. The fraction of sp³-hybridized carbons (Fsp3) is 0.250. The molecular formula is C4H10MgO3. The topological polar surface area (TPSA) is 57.5 Å². The van der Waals surface area contributed by atoms with E-state index < -0.39 is 12.6 Å². The third-order valence-electron chi connectivity index (χ3n) is 0.135. The van der Waals surface area contributed by atoms with Crippen LogP contribution in [0.25, 0.3) is 0 Å². The third-order valence-corrected chi connectivity index (χ3v) is 0.135. The number of hydrogen-bond acceptors (Lipinski definition) is 2. The van der Waals surface area contributed by atoms with Crippen molar-refractivity contribution in [1.82, 2.24) is 0 Å². The first kappa shape index (κ1) is 15.7. The van der Waals surface area contributed by atoms with Gasteiger partial charge in [-0.15, -0.1) is 13.2 Å². The molecule has 0 aliphatic carbocycles.